The van der Waals surface area contributed by atoms with Crippen molar-refractivity contribution >= 4 is 0 Å². The lowest BCUT2D eigenvalue weighted by Crippen LogP contribution is -2.30. The van der Waals surface area contributed by atoms with Gasteiger partial charge in [-0.15, -0.1) is 0 Å². The van der Waals surface area contributed by atoms with Crippen molar-refractivity contribution < 1.29 is 0 Å². The summed E-state index contributed by atoms with van der Waals surface area (Å²) in [6, 6.07) is 0. The van der Waals surface area contributed by atoms with Crippen LogP contribution in [0.4, 0.5) is 0 Å². The van der Waals surface area contributed by atoms with Gasteiger partial charge in [-0.25, -0.2) is 0 Å². The zero-order valence-corrected chi connectivity index (χ0v) is 10.8. The maximum Gasteiger partial charge on any atom is -0.0114 e. The number of hydrogen-bond donors (Lipinski definition) is 0. The predicted octanol–water partition coefficient (Wildman–Crippen LogP) is 7.35. The molecule has 0 saturated heterocycles. The van der Waals surface area contributed by atoms with Gasteiger partial charge in [-0.3, -0.25) is 0 Å². The van der Waals surface area contributed by atoms with Crippen LogP contribution in [0.1, 0.15) is 89.5 Å². The molecule has 19 heavy (non-hydrogen) atoms. The number of rotatable bonds is 1. The molecule has 0 heterocycles. The average molecular weight is 271 g/mol. The molecule has 0 aliphatic heterocycles. The first-order valence-corrected chi connectivity index (χ1v) is 6.69. The minimum Gasteiger partial charge on any atom is -0.0847 e. The molecule has 118 valence electrons. The first kappa shape index (κ1) is 23.8. The Morgan fingerprint density at radius 2 is 1.42 bits per heavy atom. The minimum absolute atomic E-state index is 0. The summed E-state index contributed by atoms with van der Waals surface area (Å²) in [5.74, 6) is 2.93. The molecule has 1 atom stereocenters. The van der Waals surface area contributed by atoms with Crippen molar-refractivity contribution in [2.75, 3.05) is 0 Å². The van der Waals surface area contributed by atoms with Gasteiger partial charge >= 0.3 is 0 Å². The molecule has 1 unspecified atom stereocenters. The van der Waals surface area contributed by atoms with Gasteiger partial charge in [-0.1, -0.05) is 75.0 Å². The summed E-state index contributed by atoms with van der Waals surface area (Å²) in [5, 5.41) is 0. The summed E-state index contributed by atoms with van der Waals surface area (Å²) in [5.41, 5.74) is 2.11. The Bertz CT molecular complexity index is 251. The van der Waals surface area contributed by atoms with Gasteiger partial charge in [0, 0.05) is 0 Å². The van der Waals surface area contributed by atoms with Gasteiger partial charge in [0.05, 0.1) is 0 Å². The second-order valence-corrected chi connectivity index (χ2v) is 6.47. The summed E-state index contributed by atoms with van der Waals surface area (Å²) < 4.78 is 0. The highest BCUT2D eigenvalue weighted by molar-refractivity contribution is 5.19. The van der Waals surface area contributed by atoms with Crippen LogP contribution in [0.3, 0.4) is 0 Å². The Balaban J connectivity index is -0.000000640. The summed E-state index contributed by atoms with van der Waals surface area (Å²) >= 11 is 0. The summed E-state index contributed by atoms with van der Waals surface area (Å²) in [6.45, 7) is 9.65. The molecule has 0 nitrogen and oxygen atoms in total. The molecule has 0 aromatic heterocycles. The van der Waals surface area contributed by atoms with E-state index >= 15 is 0 Å². The van der Waals surface area contributed by atoms with E-state index in [9.17, 15) is 0 Å². The molecule has 1 saturated carbocycles. The third-order valence-electron chi connectivity index (χ3n) is 5.25. The molecule has 0 amide bonds. The molecule has 0 radical (unpaired) electrons. The van der Waals surface area contributed by atoms with Crippen molar-refractivity contribution in [3.8, 4) is 0 Å². The molecule has 0 N–H and O–H groups in total. The van der Waals surface area contributed by atoms with Gasteiger partial charge in [0.1, 0.15) is 0 Å². The number of allylic oxidation sites excluding steroid dienone is 2. The first-order valence-electron chi connectivity index (χ1n) is 6.69. The predicted molar refractivity (Wildman–Crippen MR) is 93.7 cm³/mol. The van der Waals surface area contributed by atoms with Gasteiger partial charge in [0.15, 0.2) is 0 Å². The maximum absolute atomic E-state index is 2.49. The Kier molecular flexibility index (Phi) is 11.1. The molecule has 2 aliphatic rings. The van der Waals surface area contributed by atoms with E-state index in [0.717, 1.165) is 17.8 Å². The highest BCUT2D eigenvalue weighted by Crippen LogP contribution is 2.50. The summed E-state index contributed by atoms with van der Waals surface area (Å²) in [4.78, 5) is 0. The third-order valence-corrected chi connectivity index (χ3v) is 5.25. The smallest absolute Gasteiger partial charge is 0.0114 e. The van der Waals surface area contributed by atoms with E-state index in [0.29, 0.717) is 5.41 Å². The molecule has 0 bridgehead atoms. The Morgan fingerprint density at radius 1 is 0.947 bits per heavy atom. The molecule has 0 spiro atoms. The van der Waals surface area contributed by atoms with Crippen molar-refractivity contribution in [1.82, 2.24) is 0 Å². The molecule has 1 fully saturated rings. The largest absolute Gasteiger partial charge is 0.0847 e. The fourth-order valence-corrected chi connectivity index (χ4v) is 3.62. The van der Waals surface area contributed by atoms with Gasteiger partial charge in [0.25, 0.3) is 0 Å². The summed E-state index contributed by atoms with van der Waals surface area (Å²) in [6.07, 6.45) is 9.74. The van der Waals surface area contributed by atoms with E-state index in [1.165, 1.54) is 32.1 Å². The number of hydrogen-bond acceptors (Lipinski definition) is 0. The van der Waals surface area contributed by atoms with Gasteiger partial charge < -0.3 is 0 Å². The van der Waals surface area contributed by atoms with E-state index < -0.39 is 0 Å². The van der Waals surface area contributed by atoms with Crippen LogP contribution < -0.4 is 0 Å². The molecule has 0 aromatic carbocycles. The van der Waals surface area contributed by atoms with Crippen LogP contribution in [0.5, 0.6) is 0 Å². The standard InChI is InChI=1S/C15H26.4CH4/c1-11-5-8-13(9-6-11)14-10-7-12(2)15(14,3)4;;;;/h7,11,13-14H,5-6,8-10H2,1-4H3;4*1H4. The quantitative estimate of drug-likeness (QED) is 0.437. The molecule has 2 aliphatic carbocycles. The average Bonchev–Trinajstić information content (AvgIpc) is 2.44. The van der Waals surface area contributed by atoms with Crippen LogP contribution in [0.2, 0.25) is 0 Å². The lowest BCUT2D eigenvalue weighted by atomic mass is 9.66. The zero-order chi connectivity index (χ0) is 11.1. The fraction of sp³-hybridized carbons (Fsp3) is 0.895. The van der Waals surface area contributed by atoms with Crippen molar-refractivity contribution in [2.24, 2.45) is 23.2 Å². The lowest BCUT2D eigenvalue weighted by Gasteiger charge is -2.39. The maximum atomic E-state index is 2.49. The van der Waals surface area contributed by atoms with Crippen LogP contribution in [-0.4, -0.2) is 0 Å². The Labute approximate surface area is 125 Å². The SMILES string of the molecule is C.C.C.C.CC1=CCC(C2CCC(C)CC2)C1(C)C. The minimum atomic E-state index is 0. The van der Waals surface area contributed by atoms with E-state index in [4.69, 9.17) is 0 Å². The molecule has 0 aromatic rings. The molecule has 0 heteroatoms. The van der Waals surface area contributed by atoms with Gasteiger partial charge in [0.2, 0.25) is 0 Å². The van der Waals surface area contributed by atoms with E-state index in [2.05, 4.69) is 33.8 Å². The fourth-order valence-electron chi connectivity index (χ4n) is 3.62. The summed E-state index contributed by atoms with van der Waals surface area (Å²) in [7, 11) is 0. The lowest BCUT2D eigenvalue weighted by molar-refractivity contribution is 0.138. The third kappa shape index (κ3) is 4.65. The van der Waals surface area contributed by atoms with Crippen LogP contribution in [0.15, 0.2) is 11.6 Å². The molecular weight excluding hydrogens is 228 g/mol. The van der Waals surface area contributed by atoms with Crippen LogP contribution >= 0.6 is 0 Å². The van der Waals surface area contributed by atoms with Crippen molar-refractivity contribution in [3.63, 3.8) is 0 Å². The van der Waals surface area contributed by atoms with Gasteiger partial charge in [-0.2, -0.15) is 0 Å². The highest BCUT2D eigenvalue weighted by Gasteiger charge is 2.40. The molecular formula is C19H42. The van der Waals surface area contributed by atoms with Crippen molar-refractivity contribution in [3.05, 3.63) is 11.6 Å². The topological polar surface area (TPSA) is 0 Å². The Morgan fingerprint density at radius 3 is 1.79 bits per heavy atom. The second-order valence-electron chi connectivity index (χ2n) is 6.47. The van der Waals surface area contributed by atoms with Crippen molar-refractivity contribution in [1.29, 1.82) is 0 Å². The van der Waals surface area contributed by atoms with Crippen molar-refractivity contribution in [2.45, 2.75) is 89.5 Å². The zero-order valence-electron chi connectivity index (χ0n) is 10.8. The monoisotopic (exact) mass is 270 g/mol. The molecule has 2 rings (SSSR count). The van der Waals surface area contributed by atoms with Crippen LogP contribution in [-0.2, 0) is 0 Å². The van der Waals surface area contributed by atoms with E-state index in [1.807, 2.05) is 0 Å². The normalized spacial score (nSPS) is 31.8. The highest BCUT2D eigenvalue weighted by atomic mass is 14.4. The van der Waals surface area contributed by atoms with E-state index in [-0.39, 0.29) is 29.7 Å². The second kappa shape index (κ2) is 8.82. The van der Waals surface area contributed by atoms with E-state index in [1.54, 1.807) is 5.57 Å². The van der Waals surface area contributed by atoms with Crippen LogP contribution in [0, 0.1) is 23.2 Å². The first-order chi connectivity index (χ1) is 7.01. The Hall–Kier alpha value is -0.260. The van der Waals surface area contributed by atoms with Gasteiger partial charge in [-0.05, 0) is 49.4 Å². The van der Waals surface area contributed by atoms with Crippen LogP contribution in [0.25, 0.3) is 0 Å².